The summed E-state index contributed by atoms with van der Waals surface area (Å²) < 4.78 is 39.6. The topological polar surface area (TPSA) is 54.0 Å². The Morgan fingerprint density at radius 2 is 2.00 bits per heavy atom. The van der Waals surface area contributed by atoms with Gasteiger partial charge in [-0.25, -0.2) is 18.2 Å². The summed E-state index contributed by atoms with van der Waals surface area (Å²) in [5.41, 5.74) is -0.578. The lowest BCUT2D eigenvalue weighted by Gasteiger charge is -2.08. The number of nitrogens with one attached hydrogen (secondary N) is 2. The summed E-state index contributed by atoms with van der Waals surface area (Å²) >= 11 is 0. The van der Waals surface area contributed by atoms with Gasteiger partial charge in [0.15, 0.2) is 11.6 Å². The molecule has 7 heteroatoms. The number of anilines is 2. The van der Waals surface area contributed by atoms with E-state index in [1.165, 1.54) is 6.07 Å². The predicted molar refractivity (Wildman–Crippen MR) is 72.7 cm³/mol. The fourth-order valence-electron chi connectivity index (χ4n) is 1.67. The Kier molecular flexibility index (Phi) is 4.42. The highest BCUT2D eigenvalue weighted by atomic mass is 19.2. The number of carbonyl (C=O) groups is 1. The van der Waals surface area contributed by atoms with Gasteiger partial charge in [-0.05, 0) is 19.1 Å². The zero-order chi connectivity index (χ0) is 15.4. The van der Waals surface area contributed by atoms with E-state index in [0.717, 1.165) is 0 Å². The lowest BCUT2D eigenvalue weighted by Crippen LogP contribution is -2.16. The Bertz CT molecular complexity index is 677. The molecule has 0 aliphatic rings. The van der Waals surface area contributed by atoms with Crippen LogP contribution in [0.1, 0.15) is 17.4 Å². The van der Waals surface area contributed by atoms with E-state index in [4.69, 9.17) is 0 Å². The number of halogens is 3. The van der Waals surface area contributed by atoms with E-state index in [9.17, 15) is 18.0 Å². The minimum Gasteiger partial charge on any atom is -0.370 e. The van der Waals surface area contributed by atoms with Crippen LogP contribution < -0.4 is 10.6 Å². The Morgan fingerprint density at radius 1 is 1.24 bits per heavy atom. The number of pyridine rings is 1. The van der Waals surface area contributed by atoms with Crippen LogP contribution in [0.2, 0.25) is 0 Å². The zero-order valence-corrected chi connectivity index (χ0v) is 11.1. The summed E-state index contributed by atoms with van der Waals surface area (Å²) in [4.78, 5) is 15.9. The quantitative estimate of drug-likeness (QED) is 0.852. The number of nitrogens with zero attached hydrogens (tertiary/aromatic N) is 1. The van der Waals surface area contributed by atoms with Crippen molar-refractivity contribution in [3.8, 4) is 0 Å². The van der Waals surface area contributed by atoms with E-state index in [1.54, 1.807) is 12.1 Å². The molecule has 0 aliphatic carbocycles. The molecule has 0 atom stereocenters. The third kappa shape index (κ3) is 3.50. The molecule has 1 aromatic carbocycles. The first-order chi connectivity index (χ1) is 10.0. The lowest BCUT2D eigenvalue weighted by molar-refractivity contribution is 0.102. The van der Waals surface area contributed by atoms with Gasteiger partial charge in [-0.1, -0.05) is 6.07 Å². The normalized spacial score (nSPS) is 10.3. The van der Waals surface area contributed by atoms with Crippen LogP contribution in [0, 0.1) is 17.5 Å². The monoisotopic (exact) mass is 295 g/mol. The van der Waals surface area contributed by atoms with Crippen molar-refractivity contribution in [2.75, 3.05) is 17.2 Å². The second-order valence-corrected chi connectivity index (χ2v) is 4.14. The van der Waals surface area contributed by atoms with Crippen LogP contribution in [0.15, 0.2) is 30.3 Å². The number of hydrogen-bond acceptors (Lipinski definition) is 3. The molecular weight excluding hydrogens is 283 g/mol. The molecule has 0 unspecified atom stereocenters. The van der Waals surface area contributed by atoms with Crippen molar-refractivity contribution in [1.29, 1.82) is 0 Å². The summed E-state index contributed by atoms with van der Waals surface area (Å²) in [6.45, 7) is 2.47. The molecule has 2 rings (SSSR count). The van der Waals surface area contributed by atoms with E-state index >= 15 is 0 Å². The second kappa shape index (κ2) is 6.25. The Morgan fingerprint density at radius 3 is 2.71 bits per heavy atom. The van der Waals surface area contributed by atoms with Crippen molar-refractivity contribution >= 4 is 17.4 Å². The lowest BCUT2D eigenvalue weighted by atomic mass is 10.2. The third-order valence-electron chi connectivity index (χ3n) is 2.58. The van der Waals surface area contributed by atoms with Crippen LogP contribution in [-0.4, -0.2) is 17.4 Å². The highest BCUT2D eigenvalue weighted by Crippen LogP contribution is 2.19. The number of amides is 1. The minimum absolute atomic E-state index is 0.00230. The van der Waals surface area contributed by atoms with Crippen LogP contribution in [0.5, 0.6) is 0 Å². The van der Waals surface area contributed by atoms with Gasteiger partial charge >= 0.3 is 0 Å². The van der Waals surface area contributed by atoms with Crippen molar-refractivity contribution < 1.29 is 18.0 Å². The largest absolute Gasteiger partial charge is 0.370 e. The van der Waals surface area contributed by atoms with Crippen LogP contribution in [0.3, 0.4) is 0 Å². The average molecular weight is 295 g/mol. The summed E-state index contributed by atoms with van der Waals surface area (Å²) in [6.07, 6.45) is 0. The first-order valence-corrected chi connectivity index (χ1v) is 6.18. The molecule has 0 saturated carbocycles. The highest BCUT2D eigenvalue weighted by Gasteiger charge is 2.15. The molecule has 0 bridgehead atoms. The molecule has 0 saturated heterocycles. The first kappa shape index (κ1) is 14.8. The van der Waals surface area contributed by atoms with Crippen molar-refractivity contribution in [2.45, 2.75) is 6.92 Å². The first-order valence-electron chi connectivity index (χ1n) is 6.18. The highest BCUT2D eigenvalue weighted by molar-refractivity contribution is 6.03. The maximum Gasteiger partial charge on any atom is 0.274 e. The average Bonchev–Trinajstić information content (AvgIpc) is 2.45. The standard InChI is InChI=1S/C14H12F3N3O/c1-2-18-12-5-3-4-10(19-12)14(21)20-11-7-8(15)6-9(16)13(11)17/h3-7H,2H2,1H3,(H,18,19)(H,20,21). The van der Waals surface area contributed by atoms with E-state index < -0.39 is 29.0 Å². The van der Waals surface area contributed by atoms with Crippen LogP contribution in [0.25, 0.3) is 0 Å². The fourth-order valence-corrected chi connectivity index (χ4v) is 1.67. The van der Waals surface area contributed by atoms with Crippen LogP contribution >= 0.6 is 0 Å². The van der Waals surface area contributed by atoms with E-state index in [-0.39, 0.29) is 5.69 Å². The summed E-state index contributed by atoms with van der Waals surface area (Å²) in [5.74, 6) is -3.99. The van der Waals surface area contributed by atoms with Crippen molar-refractivity contribution in [2.24, 2.45) is 0 Å². The summed E-state index contributed by atoms with van der Waals surface area (Å²) in [6, 6.07) is 5.74. The number of aromatic nitrogens is 1. The molecule has 0 fully saturated rings. The number of carbonyl (C=O) groups excluding carboxylic acids is 1. The number of benzene rings is 1. The van der Waals surface area contributed by atoms with Gasteiger partial charge in [0.05, 0.1) is 5.69 Å². The van der Waals surface area contributed by atoms with Crippen molar-refractivity contribution in [3.63, 3.8) is 0 Å². The maximum absolute atomic E-state index is 13.5. The van der Waals surface area contributed by atoms with Gasteiger partial charge in [0.1, 0.15) is 17.3 Å². The van der Waals surface area contributed by atoms with Gasteiger partial charge < -0.3 is 10.6 Å². The van der Waals surface area contributed by atoms with Crippen LogP contribution in [0.4, 0.5) is 24.7 Å². The molecule has 0 aliphatic heterocycles. The summed E-state index contributed by atoms with van der Waals surface area (Å²) in [7, 11) is 0. The molecule has 110 valence electrons. The van der Waals surface area contributed by atoms with Gasteiger partial charge in [0.2, 0.25) is 0 Å². The Balaban J connectivity index is 2.24. The number of hydrogen-bond donors (Lipinski definition) is 2. The maximum atomic E-state index is 13.5. The Labute approximate surface area is 119 Å². The van der Waals surface area contributed by atoms with E-state index in [0.29, 0.717) is 24.5 Å². The molecule has 1 aromatic heterocycles. The molecule has 4 nitrogen and oxygen atoms in total. The molecule has 0 spiro atoms. The van der Waals surface area contributed by atoms with Gasteiger partial charge in [-0.15, -0.1) is 0 Å². The molecule has 1 amide bonds. The zero-order valence-electron chi connectivity index (χ0n) is 11.1. The number of rotatable bonds is 4. The second-order valence-electron chi connectivity index (χ2n) is 4.14. The van der Waals surface area contributed by atoms with Crippen molar-refractivity contribution in [1.82, 2.24) is 4.98 Å². The molecule has 1 heterocycles. The Hall–Kier alpha value is -2.57. The van der Waals surface area contributed by atoms with E-state index in [1.807, 2.05) is 6.92 Å². The molecular formula is C14H12F3N3O. The smallest absolute Gasteiger partial charge is 0.274 e. The van der Waals surface area contributed by atoms with Gasteiger partial charge in [0.25, 0.3) is 5.91 Å². The summed E-state index contributed by atoms with van der Waals surface area (Å²) in [5, 5.41) is 5.00. The van der Waals surface area contributed by atoms with Gasteiger partial charge in [-0.2, -0.15) is 0 Å². The molecule has 2 N–H and O–H groups in total. The van der Waals surface area contributed by atoms with E-state index in [2.05, 4.69) is 15.6 Å². The SMILES string of the molecule is CCNc1cccc(C(=O)Nc2cc(F)cc(F)c2F)n1. The fraction of sp³-hybridized carbons (Fsp3) is 0.143. The predicted octanol–water partition coefficient (Wildman–Crippen LogP) is 3.18. The molecule has 21 heavy (non-hydrogen) atoms. The van der Waals surface area contributed by atoms with Crippen molar-refractivity contribution in [3.05, 3.63) is 53.5 Å². The van der Waals surface area contributed by atoms with Gasteiger partial charge in [-0.3, -0.25) is 4.79 Å². The van der Waals surface area contributed by atoms with Gasteiger partial charge in [0, 0.05) is 18.7 Å². The molecule has 2 aromatic rings. The van der Waals surface area contributed by atoms with Crippen LogP contribution in [-0.2, 0) is 0 Å². The minimum atomic E-state index is -1.38. The third-order valence-corrected chi connectivity index (χ3v) is 2.58. The molecule has 0 radical (unpaired) electrons.